The highest BCUT2D eigenvalue weighted by Crippen LogP contribution is 2.38. The van der Waals surface area contributed by atoms with Gasteiger partial charge in [0.2, 0.25) is 0 Å². The highest BCUT2D eigenvalue weighted by molar-refractivity contribution is 5.83. The number of methoxy groups -OCH3 is 1. The first kappa shape index (κ1) is 19.6. The highest BCUT2D eigenvalue weighted by atomic mass is 16.5. The van der Waals surface area contributed by atoms with E-state index in [0.717, 1.165) is 5.56 Å². The fourth-order valence-corrected chi connectivity index (χ4v) is 3.20. The molecule has 28 heavy (non-hydrogen) atoms. The Morgan fingerprint density at radius 1 is 0.929 bits per heavy atom. The maximum absolute atomic E-state index is 12.6. The van der Waals surface area contributed by atoms with Crippen molar-refractivity contribution >= 4 is 5.97 Å². The Kier molecular flexibility index (Phi) is 6.12. The lowest BCUT2D eigenvalue weighted by atomic mass is 9.75. The molecule has 0 aliphatic rings. The van der Waals surface area contributed by atoms with Gasteiger partial charge in [0.15, 0.2) is 0 Å². The number of esters is 1. The van der Waals surface area contributed by atoms with Crippen LogP contribution in [0.5, 0.6) is 5.75 Å². The second kappa shape index (κ2) is 8.72. The number of hydrogen-bond donors (Lipinski definition) is 1. The Labute approximate surface area is 165 Å². The summed E-state index contributed by atoms with van der Waals surface area (Å²) in [5.74, 6) is 0.204. The number of hydrogen-bond acceptors (Lipinski definition) is 4. The summed E-state index contributed by atoms with van der Waals surface area (Å²) in [6.07, 6.45) is -1.06. The van der Waals surface area contributed by atoms with E-state index < -0.39 is 17.5 Å². The van der Waals surface area contributed by atoms with Gasteiger partial charge in [0, 0.05) is 0 Å². The molecule has 0 aliphatic heterocycles. The minimum Gasteiger partial charge on any atom is -0.489 e. The van der Waals surface area contributed by atoms with Crippen molar-refractivity contribution in [2.75, 3.05) is 7.11 Å². The van der Waals surface area contributed by atoms with Gasteiger partial charge >= 0.3 is 5.97 Å². The molecular weight excluding hydrogens is 352 g/mol. The average Bonchev–Trinajstić information content (AvgIpc) is 2.77. The van der Waals surface area contributed by atoms with Crippen molar-refractivity contribution in [1.29, 1.82) is 0 Å². The lowest BCUT2D eigenvalue weighted by Gasteiger charge is -2.32. The zero-order valence-corrected chi connectivity index (χ0v) is 16.0. The summed E-state index contributed by atoms with van der Waals surface area (Å²) in [6, 6.07) is 26.2. The minimum atomic E-state index is -1.22. The van der Waals surface area contributed by atoms with Gasteiger partial charge in [-0.15, -0.1) is 0 Å². The van der Waals surface area contributed by atoms with Crippen molar-refractivity contribution in [2.45, 2.75) is 25.0 Å². The SMILES string of the molecule is COC(=O)[C@@](C)(c1ccccc1)[C@H](O)c1ccc(OCc2ccccc2)cc1. The van der Waals surface area contributed by atoms with Crippen molar-refractivity contribution in [1.82, 2.24) is 0 Å². The Morgan fingerprint density at radius 2 is 1.50 bits per heavy atom. The molecule has 144 valence electrons. The topological polar surface area (TPSA) is 55.8 Å². The maximum atomic E-state index is 12.6. The van der Waals surface area contributed by atoms with E-state index in [1.165, 1.54) is 7.11 Å². The molecule has 0 unspecified atom stereocenters. The van der Waals surface area contributed by atoms with Crippen LogP contribution in [0.2, 0.25) is 0 Å². The Hall–Kier alpha value is -3.11. The number of rotatable bonds is 7. The van der Waals surface area contributed by atoms with Crippen LogP contribution < -0.4 is 4.74 Å². The molecule has 0 bridgehead atoms. The molecule has 1 N–H and O–H groups in total. The van der Waals surface area contributed by atoms with E-state index in [4.69, 9.17) is 9.47 Å². The number of carbonyl (C=O) groups is 1. The Balaban J connectivity index is 1.80. The summed E-state index contributed by atoms with van der Waals surface area (Å²) in [5, 5.41) is 11.1. The Bertz CT molecular complexity index is 891. The molecular formula is C24H24O4. The van der Waals surface area contributed by atoms with Crippen LogP contribution in [0.25, 0.3) is 0 Å². The number of benzene rings is 3. The first-order valence-electron chi connectivity index (χ1n) is 9.14. The fourth-order valence-electron chi connectivity index (χ4n) is 3.20. The maximum Gasteiger partial charge on any atom is 0.319 e. The van der Waals surface area contributed by atoms with Gasteiger partial charge in [-0.3, -0.25) is 4.79 Å². The van der Waals surface area contributed by atoms with Gasteiger partial charge in [-0.1, -0.05) is 72.8 Å². The zero-order chi connectivity index (χ0) is 20.0. The van der Waals surface area contributed by atoms with E-state index in [2.05, 4.69) is 0 Å². The van der Waals surface area contributed by atoms with E-state index in [0.29, 0.717) is 23.5 Å². The van der Waals surface area contributed by atoms with E-state index >= 15 is 0 Å². The summed E-state index contributed by atoms with van der Waals surface area (Å²) in [4.78, 5) is 12.6. The molecule has 3 rings (SSSR count). The van der Waals surface area contributed by atoms with Crippen molar-refractivity contribution in [3.63, 3.8) is 0 Å². The van der Waals surface area contributed by atoms with Gasteiger partial charge in [0.25, 0.3) is 0 Å². The number of ether oxygens (including phenoxy) is 2. The van der Waals surface area contributed by atoms with Crippen molar-refractivity contribution in [3.05, 3.63) is 102 Å². The van der Waals surface area contributed by atoms with Crippen LogP contribution in [0.15, 0.2) is 84.9 Å². The molecule has 3 aromatic rings. The van der Waals surface area contributed by atoms with Crippen LogP contribution in [-0.2, 0) is 21.6 Å². The molecule has 2 atom stereocenters. The van der Waals surface area contributed by atoms with Crippen LogP contribution in [0, 0.1) is 0 Å². The predicted octanol–water partition coefficient (Wildman–Crippen LogP) is 4.43. The monoisotopic (exact) mass is 376 g/mol. The average molecular weight is 376 g/mol. The summed E-state index contributed by atoms with van der Waals surface area (Å²) < 4.78 is 10.8. The first-order valence-corrected chi connectivity index (χ1v) is 9.14. The third kappa shape index (κ3) is 4.07. The molecule has 0 heterocycles. The third-order valence-electron chi connectivity index (χ3n) is 4.97. The standard InChI is InChI=1S/C24H24O4/c1-24(23(26)27-2,20-11-7-4-8-12-20)22(25)19-13-15-21(16-14-19)28-17-18-9-5-3-6-10-18/h3-16,22,25H,17H2,1-2H3/t22-,24+/m1/s1. The fraction of sp³-hybridized carbons (Fsp3) is 0.208. The quantitative estimate of drug-likeness (QED) is 0.620. The van der Waals surface area contributed by atoms with Gasteiger partial charge in [0.1, 0.15) is 17.8 Å². The van der Waals surface area contributed by atoms with Crippen molar-refractivity contribution in [2.24, 2.45) is 0 Å². The molecule has 3 aromatic carbocycles. The number of aliphatic hydroxyl groups is 1. The van der Waals surface area contributed by atoms with Crippen LogP contribution in [-0.4, -0.2) is 18.2 Å². The summed E-state index contributed by atoms with van der Waals surface area (Å²) in [5.41, 5.74) is 1.17. The second-order valence-corrected chi connectivity index (χ2v) is 6.81. The van der Waals surface area contributed by atoms with Gasteiger partial charge in [-0.25, -0.2) is 0 Å². The lowest BCUT2D eigenvalue weighted by molar-refractivity contribution is -0.152. The van der Waals surface area contributed by atoms with Crippen LogP contribution in [0.1, 0.15) is 29.7 Å². The van der Waals surface area contributed by atoms with E-state index in [-0.39, 0.29) is 0 Å². The molecule has 0 saturated carbocycles. The first-order chi connectivity index (χ1) is 13.6. The zero-order valence-electron chi connectivity index (χ0n) is 16.0. The Morgan fingerprint density at radius 3 is 2.07 bits per heavy atom. The summed E-state index contributed by atoms with van der Waals surface area (Å²) >= 11 is 0. The lowest BCUT2D eigenvalue weighted by Crippen LogP contribution is -2.40. The van der Waals surface area contributed by atoms with Gasteiger partial charge in [-0.05, 0) is 35.7 Å². The molecule has 0 amide bonds. The normalized spacial score (nSPS) is 14.0. The van der Waals surface area contributed by atoms with E-state index in [1.807, 2.05) is 60.7 Å². The van der Waals surface area contributed by atoms with E-state index in [9.17, 15) is 9.90 Å². The smallest absolute Gasteiger partial charge is 0.319 e. The van der Waals surface area contributed by atoms with Crippen LogP contribution in [0.4, 0.5) is 0 Å². The third-order valence-corrected chi connectivity index (χ3v) is 4.97. The summed E-state index contributed by atoms with van der Waals surface area (Å²) in [6.45, 7) is 2.16. The number of aliphatic hydroxyl groups excluding tert-OH is 1. The summed E-state index contributed by atoms with van der Waals surface area (Å²) in [7, 11) is 1.33. The molecule has 0 spiro atoms. The van der Waals surface area contributed by atoms with Gasteiger partial charge < -0.3 is 14.6 Å². The molecule has 0 aliphatic carbocycles. The van der Waals surface area contributed by atoms with E-state index in [1.54, 1.807) is 31.2 Å². The predicted molar refractivity (Wildman–Crippen MR) is 108 cm³/mol. The molecule has 0 saturated heterocycles. The molecule has 4 nitrogen and oxygen atoms in total. The van der Waals surface area contributed by atoms with Gasteiger partial charge in [-0.2, -0.15) is 0 Å². The molecule has 0 radical (unpaired) electrons. The van der Waals surface area contributed by atoms with Crippen molar-refractivity contribution in [3.8, 4) is 5.75 Å². The number of carbonyl (C=O) groups excluding carboxylic acids is 1. The van der Waals surface area contributed by atoms with Crippen LogP contribution in [0.3, 0.4) is 0 Å². The molecule has 0 aromatic heterocycles. The van der Waals surface area contributed by atoms with Crippen LogP contribution >= 0.6 is 0 Å². The molecule has 4 heteroatoms. The van der Waals surface area contributed by atoms with Crippen molar-refractivity contribution < 1.29 is 19.4 Å². The van der Waals surface area contributed by atoms with Gasteiger partial charge in [0.05, 0.1) is 13.2 Å². The highest BCUT2D eigenvalue weighted by Gasteiger charge is 2.44. The molecule has 0 fully saturated rings. The second-order valence-electron chi connectivity index (χ2n) is 6.81. The minimum absolute atomic E-state index is 0.465. The largest absolute Gasteiger partial charge is 0.489 e.